The Balaban J connectivity index is 1.48. The van der Waals surface area contributed by atoms with Crippen LogP contribution in [-0.2, 0) is 29.0 Å². The maximum atomic E-state index is 12.8. The summed E-state index contributed by atoms with van der Waals surface area (Å²) in [6.45, 7) is 6.70. The van der Waals surface area contributed by atoms with Gasteiger partial charge in [-0.25, -0.2) is 18.4 Å². The summed E-state index contributed by atoms with van der Waals surface area (Å²) in [5.74, 6) is 1.94. The van der Waals surface area contributed by atoms with Crippen LogP contribution in [-0.4, -0.2) is 28.7 Å². The molecule has 0 aliphatic heterocycles. The summed E-state index contributed by atoms with van der Waals surface area (Å²) in [4.78, 5) is 9.48. The van der Waals surface area contributed by atoms with Gasteiger partial charge in [0.15, 0.2) is 15.4 Å². The summed E-state index contributed by atoms with van der Waals surface area (Å²) in [7, 11) is -3.67. The second kappa shape index (κ2) is 11.8. The van der Waals surface area contributed by atoms with E-state index >= 15 is 0 Å². The first kappa shape index (κ1) is 28.6. The predicted octanol–water partition coefficient (Wildman–Crippen LogP) is 7.46. The first-order valence-electron chi connectivity index (χ1n) is 13.0. The van der Waals surface area contributed by atoms with Crippen molar-refractivity contribution in [3.63, 3.8) is 0 Å². The molecule has 0 radical (unpaired) electrons. The van der Waals surface area contributed by atoms with E-state index in [4.69, 9.17) is 9.72 Å². The van der Waals surface area contributed by atoms with Crippen LogP contribution in [0, 0.1) is 13.8 Å². The molecule has 2 aromatic heterocycles. The Morgan fingerprint density at radius 1 is 0.923 bits per heavy atom. The third-order valence-electron chi connectivity index (χ3n) is 6.68. The number of aromatic nitrogens is 3. The van der Waals surface area contributed by atoms with Gasteiger partial charge < -0.3 is 9.30 Å². The zero-order chi connectivity index (χ0) is 28.2. The van der Waals surface area contributed by atoms with Crippen molar-refractivity contribution in [3.8, 4) is 11.6 Å². The van der Waals surface area contributed by atoms with E-state index in [9.17, 15) is 21.6 Å². The molecule has 0 bridgehead atoms. The average molecular weight is 560 g/mol. The number of ether oxygens (including phenoxy) is 1. The fourth-order valence-corrected chi connectivity index (χ4v) is 5.89. The Kier molecular flexibility index (Phi) is 8.64. The number of pyridine rings is 1. The molecule has 4 rings (SSSR count). The van der Waals surface area contributed by atoms with Crippen molar-refractivity contribution in [2.45, 2.75) is 70.5 Å². The van der Waals surface area contributed by atoms with Crippen LogP contribution >= 0.6 is 0 Å². The zero-order valence-electron chi connectivity index (χ0n) is 22.3. The number of hydrogen-bond donors (Lipinski definition) is 0. The van der Waals surface area contributed by atoms with E-state index in [0.717, 1.165) is 66.1 Å². The van der Waals surface area contributed by atoms with Gasteiger partial charge in [0.2, 0.25) is 5.88 Å². The third kappa shape index (κ3) is 6.61. The van der Waals surface area contributed by atoms with Gasteiger partial charge in [-0.3, -0.25) is 0 Å². The highest BCUT2D eigenvalue weighted by atomic mass is 32.2. The summed E-state index contributed by atoms with van der Waals surface area (Å²) in [6, 6.07) is 13.1. The molecule has 6 nitrogen and oxygen atoms in total. The van der Waals surface area contributed by atoms with Gasteiger partial charge in [-0.05, 0) is 75.1 Å². The molecule has 0 aliphatic carbocycles. The Hall–Kier alpha value is -3.40. The van der Waals surface area contributed by atoms with Gasteiger partial charge in [0.05, 0.1) is 21.7 Å². The van der Waals surface area contributed by atoms with E-state index in [1.165, 1.54) is 0 Å². The first-order chi connectivity index (χ1) is 18.5. The van der Waals surface area contributed by atoms with Gasteiger partial charge in [0, 0.05) is 18.7 Å². The molecular weight excluding hydrogens is 527 g/mol. The standard InChI is InChI=1S/C29H32F3N3O3S/c1-4-11-25-34-26-27(20(2)21(3)33-28(26)38-23-12-7-5-8-13-23)35(25)18-9-6-10-19-39(36,37)24-16-14-22(15-17-24)29(30,31)32/h5,7-8,12-17H,4,6,9-11,18-19H2,1-3H3. The van der Waals surface area contributed by atoms with Crippen molar-refractivity contribution < 1.29 is 26.3 Å². The Morgan fingerprint density at radius 2 is 1.62 bits per heavy atom. The van der Waals surface area contributed by atoms with Crippen LogP contribution in [0.4, 0.5) is 13.2 Å². The second-order valence-corrected chi connectivity index (χ2v) is 11.7. The van der Waals surface area contributed by atoms with Crippen molar-refractivity contribution in [1.29, 1.82) is 0 Å². The van der Waals surface area contributed by atoms with E-state index in [1.54, 1.807) is 0 Å². The molecule has 0 atom stereocenters. The molecular formula is C29H32F3N3O3S. The minimum Gasteiger partial charge on any atom is -0.437 e. The number of fused-ring (bicyclic) bond motifs is 1. The highest BCUT2D eigenvalue weighted by Crippen LogP contribution is 2.33. The highest BCUT2D eigenvalue weighted by Gasteiger charge is 2.30. The van der Waals surface area contributed by atoms with Crippen molar-refractivity contribution in [1.82, 2.24) is 14.5 Å². The quantitative estimate of drug-likeness (QED) is 0.178. The fourth-order valence-electron chi connectivity index (χ4n) is 4.52. The Bertz CT molecular complexity index is 1530. The Morgan fingerprint density at radius 3 is 2.26 bits per heavy atom. The van der Waals surface area contributed by atoms with Gasteiger partial charge >= 0.3 is 6.18 Å². The molecule has 2 heterocycles. The largest absolute Gasteiger partial charge is 0.437 e. The lowest BCUT2D eigenvalue weighted by Gasteiger charge is -2.13. The maximum Gasteiger partial charge on any atom is 0.416 e. The van der Waals surface area contributed by atoms with Crippen LogP contribution in [0.5, 0.6) is 11.6 Å². The van der Waals surface area contributed by atoms with E-state index in [1.807, 2.05) is 44.2 Å². The van der Waals surface area contributed by atoms with Crippen LogP contribution in [0.15, 0.2) is 59.5 Å². The lowest BCUT2D eigenvalue weighted by molar-refractivity contribution is -0.137. The summed E-state index contributed by atoms with van der Waals surface area (Å²) >= 11 is 0. The SMILES string of the molecule is CCCc1nc2c(Oc3ccccc3)nc(C)c(C)c2n1CCCCCS(=O)(=O)c1ccc(C(F)(F)F)cc1. The third-order valence-corrected chi connectivity index (χ3v) is 8.50. The van der Waals surface area contributed by atoms with Crippen molar-refractivity contribution in [3.05, 3.63) is 77.2 Å². The topological polar surface area (TPSA) is 74.1 Å². The minimum absolute atomic E-state index is 0.0918. The van der Waals surface area contributed by atoms with Crippen LogP contribution < -0.4 is 4.74 Å². The average Bonchev–Trinajstić information content (AvgIpc) is 3.26. The minimum atomic E-state index is -4.50. The van der Waals surface area contributed by atoms with Crippen molar-refractivity contribution >= 4 is 20.9 Å². The van der Waals surface area contributed by atoms with Gasteiger partial charge in [-0.15, -0.1) is 0 Å². The summed E-state index contributed by atoms with van der Waals surface area (Å²) in [5, 5.41) is 0. The fraction of sp³-hybridized carbons (Fsp3) is 0.379. The normalized spacial score (nSPS) is 12.3. The molecule has 0 amide bonds. The van der Waals surface area contributed by atoms with E-state index in [2.05, 4.69) is 16.5 Å². The molecule has 4 aromatic rings. The second-order valence-electron chi connectivity index (χ2n) is 9.57. The number of imidazole rings is 1. The smallest absolute Gasteiger partial charge is 0.416 e. The highest BCUT2D eigenvalue weighted by molar-refractivity contribution is 7.91. The number of sulfone groups is 1. The number of para-hydroxylation sites is 1. The monoisotopic (exact) mass is 559 g/mol. The molecule has 0 aliphatic rings. The number of unbranched alkanes of at least 4 members (excludes halogenated alkanes) is 2. The number of rotatable bonds is 11. The van der Waals surface area contributed by atoms with Gasteiger partial charge in [-0.1, -0.05) is 31.5 Å². The molecule has 0 saturated heterocycles. The molecule has 0 unspecified atom stereocenters. The van der Waals surface area contributed by atoms with Crippen LogP contribution in [0.25, 0.3) is 11.0 Å². The summed E-state index contributed by atoms with van der Waals surface area (Å²) < 4.78 is 72.0. The molecule has 39 heavy (non-hydrogen) atoms. The number of hydrogen-bond acceptors (Lipinski definition) is 5. The molecule has 0 spiro atoms. The molecule has 2 aromatic carbocycles. The summed E-state index contributed by atoms with van der Waals surface area (Å²) in [6.07, 6.45) is -1.05. The number of halogens is 3. The number of alkyl halides is 3. The van der Waals surface area contributed by atoms with Crippen molar-refractivity contribution in [2.24, 2.45) is 0 Å². The molecule has 0 N–H and O–H groups in total. The van der Waals surface area contributed by atoms with Gasteiger partial charge in [-0.2, -0.15) is 13.2 Å². The number of nitrogens with zero attached hydrogens (tertiary/aromatic N) is 3. The first-order valence-corrected chi connectivity index (χ1v) is 14.7. The zero-order valence-corrected chi connectivity index (χ0v) is 23.1. The van der Waals surface area contributed by atoms with Crippen molar-refractivity contribution in [2.75, 3.05) is 5.75 Å². The lowest BCUT2D eigenvalue weighted by Crippen LogP contribution is -2.10. The molecule has 208 valence electrons. The van der Waals surface area contributed by atoms with Gasteiger partial charge in [0.1, 0.15) is 11.6 Å². The molecule has 10 heteroatoms. The number of benzene rings is 2. The number of aryl methyl sites for hydroxylation is 4. The van der Waals surface area contributed by atoms with E-state index < -0.39 is 21.6 Å². The predicted molar refractivity (Wildman–Crippen MR) is 145 cm³/mol. The van der Waals surface area contributed by atoms with Crippen LogP contribution in [0.3, 0.4) is 0 Å². The lowest BCUT2D eigenvalue weighted by atomic mass is 10.2. The van der Waals surface area contributed by atoms with Crippen LogP contribution in [0.1, 0.15) is 55.3 Å². The molecule has 0 saturated carbocycles. The summed E-state index contributed by atoms with van der Waals surface area (Å²) in [5.41, 5.74) is 2.67. The van der Waals surface area contributed by atoms with E-state index in [-0.39, 0.29) is 10.6 Å². The van der Waals surface area contributed by atoms with Crippen LogP contribution in [0.2, 0.25) is 0 Å². The Labute approximate surface area is 226 Å². The molecule has 0 fully saturated rings. The van der Waals surface area contributed by atoms with E-state index in [0.29, 0.717) is 36.5 Å². The van der Waals surface area contributed by atoms with Gasteiger partial charge in [0.25, 0.3) is 0 Å². The maximum absolute atomic E-state index is 12.8.